The number of carbonyl (C=O) groups is 2. The maximum atomic E-state index is 12.3. The molecule has 0 aromatic carbocycles. The predicted molar refractivity (Wildman–Crippen MR) is 117 cm³/mol. The average Bonchev–Trinajstić information content (AvgIpc) is 2.64. The molecule has 0 saturated carbocycles. The van der Waals surface area contributed by atoms with Gasteiger partial charge in [-0.15, -0.1) is 0 Å². The normalized spacial score (nSPS) is 14.5. The van der Waals surface area contributed by atoms with Crippen molar-refractivity contribution in [2.24, 2.45) is 0 Å². The van der Waals surface area contributed by atoms with E-state index in [0.717, 1.165) is 5.57 Å². The Bertz CT molecular complexity index is 824. The predicted octanol–water partition coefficient (Wildman–Crippen LogP) is 4.44. The number of ether oxygens (including phenoxy) is 4. The highest BCUT2D eigenvalue weighted by atomic mass is 16.7. The van der Waals surface area contributed by atoms with E-state index in [4.69, 9.17) is 18.9 Å². The first-order valence-corrected chi connectivity index (χ1v) is 10.2. The summed E-state index contributed by atoms with van der Waals surface area (Å²) >= 11 is 0. The van der Waals surface area contributed by atoms with E-state index in [2.05, 4.69) is 10.3 Å². The van der Waals surface area contributed by atoms with E-state index in [9.17, 15) is 9.59 Å². The Morgan fingerprint density at radius 3 is 2.35 bits per heavy atom. The number of aromatic nitrogens is 1. The van der Waals surface area contributed by atoms with Crippen LogP contribution in [0.5, 0.6) is 5.75 Å². The second-order valence-electron chi connectivity index (χ2n) is 9.15. The van der Waals surface area contributed by atoms with Crippen molar-refractivity contribution in [3.63, 3.8) is 0 Å². The molecule has 0 bridgehead atoms. The highest BCUT2D eigenvalue weighted by molar-refractivity contribution is 5.87. The fourth-order valence-electron chi connectivity index (χ4n) is 2.76. The topological polar surface area (TPSA) is 99.2 Å². The van der Waals surface area contributed by atoms with Crippen LogP contribution in [0.1, 0.15) is 53.7 Å². The van der Waals surface area contributed by atoms with Crippen LogP contribution in [0, 0.1) is 0 Å². The summed E-state index contributed by atoms with van der Waals surface area (Å²) in [5.74, 6) is 0.364. The molecule has 31 heavy (non-hydrogen) atoms. The number of rotatable bonds is 5. The molecule has 1 aliphatic heterocycles. The summed E-state index contributed by atoms with van der Waals surface area (Å²) in [6.07, 6.45) is 3.13. The summed E-state index contributed by atoms with van der Waals surface area (Å²) in [6.45, 7) is 11.8. The van der Waals surface area contributed by atoms with Crippen molar-refractivity contribution in [1.82, 2.24) is 9.88 Å². The lowest BCUT2D eigenvalue weighted by molar-refractivity contribution is 0.0270. The van der Waals surface area contributed by atoms with Gasteiger partial charge in [-0.2, -0.15) is 0 Å². The van der Waals surface area contributed by atoms with Crippen molar-refractivity contribution in [2.75, 3.05) is 32.3 Å². The van der Waals surface area contributed by atoms with Crippen molar-refractivity contribution >= 4 is 23.4 Å². The summed E-state index contributed by atoms with van der Waals surface area (Å²) in [7, 11) is 1.51. The Kier molecular flexibility index (Phi) is 7.89. The highest BCUT2D eigenvalue weighted by Crippen LogP contribution is 2.30. The number of anilines is 1. The average molecular weight is 436 g/mol. The number of nitrogens with one attached hydrogen (secondary N) is 1. The minimum atomic E-state index is -0.634. The number of nitrogens with zero attached hydrogens (tertiary/aromatic N) is 2. The molecule has 0 atom stereocenters. The van der Waals surface area contributed by atoms with Gasteiger partial charge >= 0.3 is 12.2 Å². The molecule has 172 valence electrons. The van der Waals surface area contributed by atoms with Crippen molar-refractivity contribution in [3.05, 3.63) is 24.0 Å². The molecule has 1 aromatic heterocycles. The highest BCUT2D eigenvalue weighted by Gasteiger charge is 2.25. The van der Waals surface area contributed by atoms with Crippen LogP contribution in [0.15, 0.2) is 18.3 Å². The van der Waals surface area contributed by atoms with Crippen LogP contribution in [-0.2, 0) is 14.2 Å². The Balaban J connectivity index is 2.17. The third-order valence-corrected chi connectivity index (χ3v) is 4.03. The molecule has 9 nitrogen and oxygen atoms in total. The van der Waals surface area contributed by atoms with Crippen LogP contribution in [0.4, 0.5) is 15.3 Å². The Labute approximate surface area is 183 Å². The second-order valence-corrected chi connectivity index (χ2v) is 9.15. The number of amides is 2. The largest absolute Gasteiger partial charge is 0.464 e. The molecule has 2 rings (SSSR count). The van der Waals surface area contributed by atoms with Crippen molar-refractivity contribution in [3.8, 4) is 5.75 Å². The molecular weight excluding hydrogens is 402 g/mol. The lowest BCUT2D eigenvalue weighted by Crippen LogP contribution is -2.39. The molecule has 0 saturated heterocycles. The van der Waals surface area contributed by atoms with E-state index < -0.39 is 17.3 Å². The van der Waals surface area contributed by atoms with E-state index in [1.54, 1.807) is 31.7 Å². The molecule has 1 N–H and O–H groups in total. The number of carbonyl (C=O) groups excluding carboxylic acids is 2. The van der Waals surface area contributed by atoms with Crippen LogP contribution in [0.2, 0.25) is 0 Å². The van der Waals surface area contributed by atoms with Gasteiger partial charge in [-0.05, 0) is 59.6 Å². The monoisotopic (exact) mass is 435 g/mol. The minimum Gasteiger partial charge on any atom is -0.464 e. The third-order valence-electron chi connectivity index (χ3n) is 4.03. The molecule has 0 aliphatic carbocycles. The Morgan fingerprint density at radius 1 is 1.13 bits per heavy atom. The smallest absolute Gasteiger partial charge is 0.412 e. The Hall–Kier alpha value is -2.81. The fraction of sp³-hybridized carbons (Fsp3) is 0.591. The molecule has 0 fully saturated rings. The standard InChI is InChI=1S/C22H33N3O6/c1-21(2,3)30-19(26)24-17-12-16(23-13-18(17)29-14-28-7)15-8-10-25(11-9-15)20(27)31-22(4,5)6/h8,12-13H,9-11,14H2,1-7H3,(H,23,24,26). The van der Waals surface area contributed by atoms with Gasteiger partial charge in [0.15, 0.2) is 12.5 Å². The van der Waals surface area contributed by atoms with Gasteiger partial charge in [0, 0.05) is 20.2 Å². The molecule has 0 unspecified atom stereocenters. The van der Waals surface area contributed by atoms with Crippen LogP contribution >= 0.6 is 0 Å². The maximum absolute atomic E-state index is 12.3. The van der Waals surface area contributed by atoms with Gasteiger partial charge in [0.05, 0.1) is 17.6 Å². The summed E-state index contributed by atoms with van der Waals surface area (Å²) in [5.41, 5.74) is 0.893. The summed E-state index contributed by atoms with van der Waals surface area (Å²) in [6, 6.07) is 1.73. The first-order chi connectivity index (χ1) is 14.4. The first kappa shape index (κ1) is 24.5. The molecule has 1 aliphatic rings. The zero-order valence-corrected chi connectivity index (χ0v) is 19.4. The first-order valence-electron chi connectivity index (χ1n) is 10.2. The van der Waals surface area contributed by atoms with E-state index in [-0.39, 0.29) is 12.9 Å². The molecule has 1 aromatic rings. The van der Waals surface area contributed by atoms with Crippen LogP contribution in [0.25, 0.3) is 5.57 Å². The van der Waals surface area contributed by atoms with Gasteiger partial charge in [-0.1, -0.05) is 6.08 Å². The lowest BCUT2D eigenvalue weighted by atomic mass is 10.0. The zero-order chi connectivity index (χ0) is 23.2. The van der Waals surface area contributed by atoms with Crippen molar-refractivity contribution in [1.29, 1.82) is 0 Å². The maximum Gasteiger partial charge on any atom is 0.412 e. The van der Waals surface area contributed by atoms with Gasteiger partial charge in [-0.25, -0.2) is 9.59 Å². The van der Waals surface area contributed by atoms with Gasteiger partial charge in [0.25, 0.3) is 0 Å². The minimum absolute atomic E-state index is 0.0115. The number of hydrogen-bond acceptors (Lipinski definition) is 7. The second kappa shape index (κ2) is 10.00. The van der Waals surface area contributed by atoms with Gasteiger partial charge < -0.3 is 23.8 Å². The van der Waals surface area contributed by atoms with Crippen molar-refractivity contribution in [2.45, 2.75) is 59.2 Å². The van der Waals surface area contributed by atoms with Crippen LogP contribution in [0.3, 0.4) is 0 Å². The number of methoxy groups -OCH3 is 1. The van der Waals surface area contributed by atoms with E-state index >= 15 is 0 Å². The quantitative estimate of drug-likeness (QED) is 0.683. The number of hydrogen-bond donors (Lipinski definition) is 1. The zero-order valence-electron chi connectivity index (χ0n) is 19.4. The lowest BCUT2D eigenvalue weighted by Gasteiger charge is -2.29. The SMILES string of the molecule is COCOc1cnc(C2=CCN(C(=O)OC(C)(C)C)CC2)cc1NC(=O)OC(C)(C)C. The van der Waals surface area contributed by atoms with Gasteiger partial charge in [-0.3, -0.25) is 10.3 Å². The molecular formula is C22H33N3O6. The molecule has 0 spiro atoms. The van der Waals surface area contributed by atoms with E-state index in [1.807, 2.05) is 26.8 Å². The molecule has 2 heterocycles. The van der Waals surface area contributed by atoms with Gasteiger partial charge in [0.1, 0.15) is 11.2 Å². The van der Waals surface area contributed by atoms with Gasteiger partial charge in [0.2, 0.25) is 0 Å². The summed E-state index contributed by atoms with van der Waals surface area (Å²) in [4.78, 5) is 30.6. The van der Waals surface area contributed by atoms with E-state index in [0.29, 0.717) is 36.6 Å². The van der Waals surface area contributed by atoms with Crippen LogP contribution < -0.4 is 10.1 Å². The summed E-state index contributed by atoms with van der Waals surface area (Å²) < 4.78 is 21.2. The molecule has 9 heteroatoms. The molecule has 0 radical (unpaired) electrons. The number of pyridine rings is 1. The van der Waals surface area contributed by atoms with Crippen molar-refractivity contribution < 1.29 is 28.5 Å². The Morgan fingerprint density at radius 2 is 1.81 bits per heavy atom. The van der Waals surface area contributed by atoms with E-state index in [1.165, 1.54) is 13.3 Å². The molecule has 2 amide bonds. The summed E-state index contributed by atoms with van der Waals surface area (Å²) in [5, 5.41) is 2.71. The third kappa shape index (κ3) is 8.09. The van der Waals surface area contributed by atoms with Crippen LogP contribution in [-0.4, -0.2) is 60.3 Å². The fourth-order valence-corrected chi connectivity index (χ4v) is 2.76.